The minimum Gasteiger partial charge on any atom is -0.329 e. The molecular formula is C10H8N4S. The molecule has 0 saturated carbocycles. The van der Waals surface area contributed by atoms with Gasteiger partial charge in [0, 0.05) is 30.5 Å². The van der Waals surface area contributed by atoms with E-state index in [1.807, 2.05) is 29.9 Å². The topological polar surface area (TPSA) is 54.5 Å². The van der Waals surface area contributed by atoms with Crippen molar-refractivity contribution in [2.45, 2.75) is 10.1 Å². The van der Waals surface area contributed by atoms with Crippen LogP contribution in [0.3, 0.4) is 0 Å². The second-order valence-corrected chi connectivity index (χ2v) is 3.95. The van der Waals surface area contributed by atoms with Crippen molar-refractivity contribution in [2.75, 3.05) is 0 Å². The predicted molar refractivity (Wildman–Crippen MR) is 56.3 cm³/mol. The van der Waals surface area contributed by atoms with Crippen LogP contribution in [0.15, 0.2) is 40.8 Å². The summed E-state index contributed by atoms with van der Waals surface area (Å²) in [6.45, 7) is 0. The molecule has 0 saturated heterocycles. The SMILES string of the molecule is Cn1ccnc1Sc1ccc(C#N)nc1. The average molecular weight is 216 g/mol. The van der Waals surface area contributed by atoms with Gasteiger partial charge in [0.05, 0.1) is 0 Å². The maximum Gasteiger partial charge on any atom is 0.172 e. The zero-order valence-electron chi connectivity index (χ0n) is 8.08. The summed E-state index contributed by atoms with van der Waals surface area (Å²) in [5.41, 5.74) is 0.430. The van der Waals surface area contributed by atoms with Gasteiger partial charge in [-0.15, -0.1) is 0 Å². The maximum absolute atomic E-state index is 8.59. The van der Waals surface area contributed by atoms with E-state index in [0.29, 0.717) is 5.69 Å². The lowest BCUT2D eigenvalue weighted by Crippen LogP contribution is -1.89. The molecule has 0 unspecified atom stereocenters. The summed E-state index contributed by atoms with van der Waals surface area (Å²) in [6, 6.07) is 5.55. The van der Waals surface area contributed by atoms with Crippen LogP contribution in [0, 0.1) is 11.3 Å². The molecule has 74 valence electrons. The van der Waals surface area contributed by atoms with Gasteiger partial charge < -0.3 is 4.57 Å². The number of hydrogen-bond donors (Lipinski definition) is 0. The van der Waals surface area contributed by atoms with Crippen molar-refractivity contribution in [1.29, 1.82) is 5.26 Å². The Kier molecular flexibility index (Phi) is 2.70. The Morgan fingerprint density at radius 1 is 1.40 bits per heavy atom. The highest BCUT2D eigenvalue weighted by molar-refractivity contribution is 7.99. The summed E-state index contributed by atoms with van der Waals surface area (Å²) in [5, 5.41) is 9.50. The molecule has 0 N–H and O–H groups in total. The van der Waals surface area contributed by atoms with Crippen LogP contribution in [0.1, 0.15) is 5.69 Å². The third kappa shape index (κ3) is 2.17. The molecule has 2 aromatic rings. The molecule has 2 heterocycles. The molecule has 0 amide bonds. The van der Waals surface area contributed by atoms with Crippen LogP contribution in [-0.2, 0) is 7.05 Å². The summed E-state index contributed by atoms with van der Waals surface area (Å²) < 4.78 is 1.93. The number of nitrogens with zero attached hydrogens (tertiary/aromatic N) is 4. The van der Waals surface area contributed by atoms with Gasteiger partial charge in [0.1, 0.15) is 11.8 Å². The van der Waals surface area contributed by atoms with Crippen molar-refractivity contribution < 1.29 is 0 Å². The first kappa shape index (κ1) is 9.74. The molecule has 0 aliphatic carbocycles. The van der Waals surface area contributed by atoms with Gasteiger partial charge in [-0.1, -0.05) is 11.8 Å². The van der Waals surface area contributed by atoms with E-state index in [1.165, 1.54) is 11.8 Å². The third-order valence-electron chi connectivity index (χ3n) is 1.84. The zero-order chi connectivity index (χ0) is 10.7. The smallest absolute Gasteiger partial charge is 0.172 e. The largest absolute Gasteiger partial charge is 0.329 e. The van der Waals surface area contributed by atoms with Crippen molar-refractivity contribution in [1.82, 2.24) is 14.5 Å². The van der Waals surface area contributed by atoms with E-state index >= 15 is 0 Å². The molecule has 0 fully saturated rings. The van der Waals surface area contributed by atoms with Gasteiger partial charge in [0.2, 0.25) is 0 Å². The molecule has 15 heavy (non-hydrogen) atoms. The molecule has 0 bridgehead atoms. The lowest BCUT2D eigenvalue weighted by Gasteiger charge is -2.00. The fourth-order valence-corrected chi connectivity index (χ4v) is 1.83. The van der Waals surface area contributed by atoms with Crippen LogP contribution in [-0.4, -0.2) is 14.5 Å². The highest BCUT2D eigenvalue weighted by Crippen LogP contribution is 2.24. The van der Waals surface area contributed by atoms with Gasteiger partial charge in [-0.05, 0) is 12.1 Å². The molecule has 2 aromatic heterocycles. The quantitative estimate of drug-likeness (QED) is 0.768. The molecule has 0 aliphatic heterocycles. The summed E-state index contributed by atoms with van der Waals surface area (Å²) in [6.07, 6.45) is 5.32. The summed E-state index contributed by atoms with van der Waals surface area (Å²) in [4.78, 5) is 9.15. The fraction of sp³-hybridized carbons (Fsp3) is 0.100. The number of nitriles is 1. The van der Waals surface area contributed by atoms with Crippen molar-refractivity contribution in [3.05, 3.63) is 36.4 Å². The molecule has 0 aliphatic rings. The molecule has 5 heteroatoms. The number of hydrogen-bond acceptors (Lipinski definition) is 4. The minimum atomic E-state index is 0.430. The molecule has 0 aromatic carbocycles. The van der Waals surface area contributed by atoms with Crippen LogP contribution >= 0.6 is 11.8 Å². The van der Waals surface area contributed by atoms with Gasteiger partial charge >= 0.3 is 0 Å². The number of aromatic nitrogens is 3. The normalized spacial score (nSPS) is 9.87. The standard InChI is InChI=1S/C10H8N4S/c1-14-5-4-12-10(14)15-9-3-2-8(6-11)13-7-9/h2-5,7H,1H3. The first-order valence-electron chi connectivity index (χ1n) is 4.31. The first-order chi connectivity index (χ1) is 7.29. The second kappa shape index (κ2) is 4.15. The van der Waals surface area contributed by atoms with Gasteiger partial charge in [-0.3, -0.25) is 0 Å². The Balaban J connectivity index is 2.19. The Hall–Kier alpha value is -1.80. The first-order valence-corrected chi connectivity index (χ1v) is 5.12. The van der Waals surface area contributed by atoms with Crippen LogP contribution in [0.2, 0.25) is 0 Å². The molecule has 0 atom stereocenters. The Morgan fingerprint density at radius 2 is 2.27 bits per heavy atom. The molecule has 0 spiro atoms. The van der Waals surface area contributed by atoms with Crippen LogP contribution in [0.25, 0.3) is 0 Å². The van der Waals surface area contributed by atoms with Crippen molar-refractivity contribution in [3.8, 4) is 6.07 Å². The van der Waals surface area contributed by atoms with Crippen LogP contribution in [0.5, 0.6) is 0 Å². The average Bonchev–Trinajstić information content (AvgIpc) is 2.66. The minimum absolute atomic E-state index is 0.430. The van der Waals surface area contributed by atoms with Gasteiger partial charge in [0.15, 0.2) is 5.16 Å². The number of pyridine rings is 1. The van der Waals surface area contributed by atoms with E-state index in [9.17, 15) is 0 Å². The van der Waals surface area contributed by atoms with Crippen molar-refractivity contribution >= 4 is 11.8 Å². The Bertz CT molecular complexity index is 495. The second-order valence-electron chi connectivity index (χ2n) is 2.91. The number of aryl methyl sites for hydroxylation is 1. The fourth-order valence-electron chi connectivity index (χ4n) is 1.06. The maximum atomic E-state index is 8.59. The summed E-state index contributed by atoms with van der Waals surface area (Å²) >= 11 is 1.52. The molecule has 4 nitrogen and oxygen atoms in total. The van der Waals surface area contributed by atoms with Crippen LogP contribution < -0.4 is 0 Å². The molecule has 2 rings (SSSR count). The molecule has 0 radical (unpaired) electrons. The van der Waals surface area contributed by atoms with E-state index in [0.717, 1.165) is 10.1 Å². The number of rotatable bonds is 2. The highest BCUT2D eigenvalue weighted by Gasteiger charge is 2.02. The van der Waals surface area contributed by atoms with E-state index < -0.39 is 0 Å². The van der Waals surface area contributed by atoms with Crippen molar-refractivity contribution in [3.63, 3.8) is 0 Å². The lowest BCUT2D eigenvalue weighted by atomic mass is 10.4. The molecular weight excluding hydrogens is 208 g/mol. The Morgan fingerprint density at radius 3 is 2.80 bits per heavy atom. The van der Waals surface area contributed by atoms with E-state index in [1.54, 1.807) is 18.5 Å². The van der Waals surface area contributed by atoms with Gasteiger partial charge in [-0.2, -0.15) is 5.26 Å². The zero-order valence-corrected chi connectivity index (χ0v) is 8.90. The van der Waals surface area contributed by atoms with E-state index in [-0.39, 0.29) is 0 Å². The highest BCUT2D eigenvalue weighted by atomic mass is 32.2. The van der Waals surface area contributed by atoms with E-state index in [4.69, 9.17) is 5.26 Å². The third-order valence-corrected chi connectivity index (χ3v) is 2.89. The lowest BCUT2D eigenvalue weighted by molar-refractivity contribution is 0.790. The predicted octanol–water partition coefficient (Wildman–Crippen LogP) is 1.84. The Labute approximate surface area is 91.6 Å². The van der Waals surface area contributed by atoms with E-state index in [2.05, 4.69) is 9.97 Å². The van der Waals surface area contributed by atoms with Gasteiger partial charge in [-0.25, -0.2) is 9.97 Å². The summed E-state index contributed by atoms with van der Waals surface area (Å²) in [5.74, 6) is 0. The van der Waals surface area contributed by atoms with Crippen molar-refractivity contribution in [2.24, 2.45) is 7.05 Å². The van der Waals surface area contributed by atoms with Crippen LogP contribution in [0.4, 0.5) is 0 Å². The van der Waals surface area contributed by atoms with Gasteiger partial charge in [0.25, 0.3) is 0 Å². The number of imidazole rings is 1. The summed E-state index contributed by atoms with van der Waals surface area (Å²) in [7, 11) is 1.94. The monoisotopic (exact) mass is 216 g/mol.